The van der Waals surface area contributed by atoms with Gasteiger partial charge in [-0.3, -0.25) is 0 Å². The van der Waals surface area contributed by atoms with E-state index in [9.17, 15) is 16.8 Å². The molecule has 9 heteroatoms. The molecule has 0 N–H and O–H groups in total. The SMILES string of the molecule is Cc1ccc(Cl)cc1S(=O)(=O)N1CC[C@@H](c2ccccc2Cl)S(=O)(=O)CC1. The van der Waals surface area contributed by atoms with E-state index in [1.54, 1.807) is 43.3 Å². The number of sulfonamides is 1. The van der Waals surface area contributed by atoms with Crippen molar-refractivity contribution >= 4 is 43.1 Å². The topological polar surface area (TPSA) is 71.5 Å². The predicted molar refractivity (Wildman–Crippen MR) is 108 cm³/mol. The first kappa shape index (κ1) is 20.6. The van der Waals surface area contributed by atoms with Gasteiger partial charge in [-0.1, -0.05) is 47.5 Å². The largest absolute Gasteiger partial charge is 0.243 e. The Kier molecular flexibility index (Phi) is 5.89. The van der Waals surface area contributed by atoms with Crippen LogP contribution in [-0.4, -0.2) is 40.0 Å². The molecule has 2 aromatic rings. The Morgan fingerprint density at radius 1 is 1.07 bits per heavy atom. The molecular weight excluding hydrogens is 429 g/mol. The van der Waals surface area contributed by atoms with Gasteiger partial charge in [-0.25, -0.2) is 16.8 Å². The Balaban J connectivity index is 1.96. The lowest BCUT2D eigenvalue weighted by atomic mass is 10.1. The first-order chi connectivity index (χ1) is 12.6. The summed E-state index contributed by atoms with van der Waals surface area (Å²) in [7, 11) is -7.40. The van der Waals surface area contributed by atoms with Gasteiger partial charge in [0.05, 0.1) is 15.9 Å². The fourth-order valence-corrected chi connectivity index (χ4v) is 7.45. The molecule has 0 bridgehead atoms. The molecule has 1 aliphatic heterocycles. The summed E-state index contributed by atoms with van der Waals surface area (Å²) in [6.07, 6.45) is 0.144. The van der Waals surface area contributed by atoms with Crippen molar-refractivity contribution in [1.29, 1.82) is 0 Å². The Hall–Kier alpha value is -1.12. The highest BCUT2D eigenvalue weighted by Crippen LogP contribution is 2.35. The molecule has 0 aliphatic carbocycles. The molecule has 0 radical (unpaired) electrons. The molecule has 3 rings (SSSR count). The van der Waals surface area contributed by atoms with Crippen molar-refractivity contribution in [2.24, 2.45) is 0 Å². The molecule has 1 heterocycles. The van der Waals surface area contributed by atoms with Crippen LogP contribution in [0.1, 0.15) is 22.8 Å². The summed E-state index contributed by atoms with van der Waals surface area (Å²) in [5, 5.41) is -0.143. The second kappa shape index (κ2) is 7.72. The van der Waals surface area contributed by atoms with E-state index in [4.69, 9.17) is 23.2 Å². The first-order valence-corrected chi connectivity index (χ1v) is 12.3. The lowest BCUT2D eigenvalue weighted by Crippen LogP contribution is -2.34. The molecule has 1 fully saturated rings. The summed E-state index contributed by atoms with van der Waals surface area (Å²) in [5.41, 5.74) is 1.08. The number of benzene rings is 2. The van der Waals surface area contributed by atoms with Crippen molar-refractivity contribution in [3.05, 3.63) is 63.6 Å². The summed E-state index contributed by atoms with van der Waals surface area (Å²) >= 11 is 12.2. The number of hydrogen-bond acceptors (Lipinski definition) is 4. The lowest BCUT2D eigenvalue weighted by Gasteiger charge is -2.21. The standard InChI is InChI=1S/C18H19Cl2NO4S2/c1-13-6-7-14(19)12-18(13)27(24,25)21-9-8-17(26(22,23)11-10-21)15-4-2-3-5-16(15)20/h2-7,12,17H,8-11H2,1H3/t17-/m0/s1. The normalized spacial score (nSPS) is 20.9. The number of aryl methyl sites for hydroxylation is 1. The van der Waals surface area contributed by atoms with Crippen LogP contribution in [0.2, 0.25) is 10.0 Å². The monoisotopic (exact) mass is 447 g/mol. The van der Waals surface area contributed by atoms with Crippen LogP contribution >= 0.6 is 23.2 Å². The molecule has 2 aromatic carbocycles. The van der Waals surface area contributed by atoms with Gasteiger partial charge in [-0.05, 0) is 42.7 Å². The van der Waals surface area contributed by atoms with Crippen LogP contribution < -0.4 is 0 Å². The highest BCUT2D eigenvalue weighted by molar-refractivity contribution is 7.92. The van der Waals surface area contributed by atoms with E-state index in [1.165, 1.54) is 10.4 Å². The van der Waals surface area contributed by atoms with Gasteiger partial charge < -0.3 is 0 Å². The van der Waals surface area contributed by atoms with Gasteiger partial charge in [0.2, 0.25) is 10.0 Å². The maximum Gasteiger partial charge on any atom is 0.243 e. The molecule has 27 heavy (non-hydrogen) atoms. The molecule has 146 valence electrons. The highest BCUT2D eigenvalue weighted by atomic mass is 35.5. The fourth-order valence-electron chi connectivity index (χ4n) is 3.24. The fraction of sp³-hybridized carbons (Fsp3) is 0.333. The Morgan fingerprint density at radius 2 is 1.78 bits per heavy atom. The zero-order valence-corrected chi connectivity index (χ0v) is 17.7. The molecule has 1 aliphatic rings. The zero-order valence-electron chi connectivity index (χ0n) is 14.6. The minimum absolute atomic E-state index is 0.0867. The molecule has 0 spiro atoms. The van der Waals surface area contributed by atoms with Crippen LogP contribution in [0.4, 0.5) is 0 Å². The van der Waals surface area contributed by atoms with Crippen molar-refractivity contribution in [3.8, 4) is 0 Å². The maximum absolute atomic E-state index is 13.1. The highest BCUT2D eigenvalue weighted by Gasteiger charge is 2.36. The summed E-state index contributed by atoms with van der Waals surface area (Å²) in [5.74, 6) is -0.262. The van der Waals surface area contributed by atoms with E-state index < -0.39 is 25.1 Å². The number of sulfone groups is 1. The molecule has 1 atom stereocenters. The van der Waals surface area contributed by atoms with Crippen LogP contribution in [0.15, 0.2) is 47.4 Å². The van der Waals surface area contributed by atoms with Crippen LogP contribution in [0, 0.1) is 6.92 Å². The number of nitrogens with zero attached hydrogens (tertiary/aromatic N) is 1. The summed E-state index contributed by atoms with van der Waals surface area (Å²) < 4.78 is 53.0. The third-order valence-electron chi connectivity index (χ3n) is 4.72. The molecular formula is C18H19Cl2NO4S2. The van der Waals surface area contributed by atoms with E-state index in [2.05, 4.69) is 0 Å². The van der Waals surface area contributed by atoms with Crippen LogP contribution in [-0.2, 0) is 19.9 Å². The molecule has 1 saturated heterocycles. The van der Waals surface area contributed by atoms with E-state index in [0.717, 1.165) is 0 Å². The van der Waals surface area contributed by atoms with Crippen molar-refractivity contribution < 1.29 is 16.8 Å². The van der Waals surface area contributed by atoms with Gasteiger partial charge in [-0.2, -0.15) is 4.31 Å². The average Bonchev–Trinajstić information content (AvgIpc) is 2.76. The average molecular weight is 448 g/mol. The minimum Gasteiger partial charge on any atom is -0.228 e. The van der Waals surface area contributed by atoms with Gasteiger partial charge in [0.1, 0.15) is 0 Å². The van der Waals surface area contributed by atoms with Crippen LogP contribution in [0.3, 0.4) is 0 Å². The molecule has 0 aromatic heterocycles. The summed E-state index contributed by atoms with van der Waals surface area (Å²) in [6, 6.07) is 11.4. The quantitative estimate of drug-likeness (QED) is 0.715. The summed E-state index contributed by atoms with van der Waals surface area (Å²) in [6.45, 7) is 1.67. The van der Waals surface area contributed by atoms with Gasteiger partial charge in [0.25, 0.3) is 0 Å². The number of hydrogen-bond donors (Lipinski definition) is 0. The Morgan fingerprint density at radius 3 is 2.48 bits per heavy atom. The van der Waals surface area contributed by atoms with Gasteiger partial charge in [0.15, 0.2) is 9.84 Å². The second-order valence-corrected chi connectivity index (χ2v) is 11.5. The summed E-state index contributed by atoms with van der Waals surface area (Å²) in [4.78, 5) is 0.101. The zero-order chi connectivity index (χ0) is 19.8. The third kappa shape index (κ3) is 4.17. The minimum atomic E-state index is -3.85. The first-order valence-electron chi connectivity index (χ1n) is 8.35. The van der Waals surface area contributed by atoms with E-state index in [-0.39, 0.29) is 30.2 Å². The predicted octanol–water partition coefficient (Wildman–Crippen LogP) is 3.85. The molecule has 0 amide bonds. The van der Waals surface area contributed by atoms with E-state index in [0.29, 0.717) is 21.2 Å². The van der Waals surface area contributed by atoms with Crippen molar-refractivity contribution in [1.82, 2.24) is 4.31 Å². The van der Waals surface area contributed by atoms with E-state index in [1.807, 2.05) is 0 Å². The van der Waals surface area contributed by atoms with Crippen molar-refractivity contribution in [2.45, 2.75) is 23.5 Å². The molecule has 0 unspecified atom stereocenters. The third-order valence-corrected chi connectivity index (χ3v) is 9.45. The molecule has 5 nitrogen and oxygen atoms in total. The van der Waals surface area contributed by atoms with Crippen LogP contribution in [0.25, 0.3) is 0 Å². The second-order valence-electron chi connectivity index (χ2n) is 6.48. The molecule has 0 saturated carbocycles. The Labute approximate surface area is 169 Å². The lowest BCUT2D eigenvalue weighted by molar-refractivity contribution is 0.427. The maximum atomic E-state index is 13.1. The van der Waals surface area contributed by atoms with Crippen molar-refractivity contribution in [3.63, 3.8) is 0 Å². The van der Waals surface area contributed by atoms with Crippen LogP contribution in [0.5, 0.6) is 0 Å². The van der Waals surface area contributed by atoms with Gasteiger partial charge in [0, 0.05) is 23.1 Å². The van der Waals surface area contributed by atoms with E-state index >= 15 is 0 Å². The van der Waals surface area contributed by atoms with Crippen molar-refractivity contribution in [2.75, 3.05) is 18.8 Å². The smallest absolute Gasteiger partial charge is 0.228 e. The number of rotatable bonds is 3. The number of halogens is 2. The van der Waals surface area contributed by atoms with Gasteiger partial charge in [-0.15, -0.1) is 0 Å². The Bertz CT molecular complexity index is 1070. The van der Waals surface area contributed by atoms with Gasteiger partial charge >= 0.3 is 0 Å².